The van der Waals surface area contributed by atoms with E-state index in [9.17, 15) is 4.79 Å². The number of anilines is 2. The molecular formula is C13H13Cl2N3OS. The van der Waals surface area contributed by atoms with Crippen molar-refractivity contribution in [3.63, 3.8) is 0 Å². The van der Waals surface area contributed by atoms with Gasteiger partial charge >= 0.3 is 0 Å². The Morgan fingerprint density at radius 2 is 2.25 bits per heavy atom. The zero-order valence-electron chi connectivity index (χ0n) is 10.7. The van der Waals surface area contributed by atoms with E-state index in [4.69, 9.17) is 23.2 Å². The maximum Gasteiger partial charge on any atom is 0.248 e. The summed E-state index contributed by atoms with van der Waals surface area (Å²) in [5, 5.41) is 9.30. The fourth-order valence-electron chi connectivity index (χ4n) is 1.62. The SMILES string of the molecule is CC[C@@H](Nc1ccc(Cl)cc1Cl)C(=O)Nc1nccs1. The van der Waals surface area contributed by atoms with Crippen LogP contribution in [0.25, 0.3) is 0 Å². The quantitative estimate of drug-likeness (QED) is 0.860. The highest BCUT2D eigenvalue weighted by atomic mass is 35.5. The second-order valence-corrected chi connectivity index (χ2v) is 5.79. The van der Waals surface area contributed by atoms with Crippen LogP contribution in [0.1, 0.15) is 13.3 Å². The highest BCUT2D eigenvalue weighted by Crippen LogP contribution is 2.26. The molecule has 7 heteroatoms. The van der Waals surface area contributed by atoms with Crippen LogP contribution in [0.5, 0.6) is 0 Å². The first kappa shape index (κ1) is 15.1. The lowest BCUT2D eigenvalue weighted by Gasteiger charge is -2.18. The van der Waals surface area contributed by atoms with Crippen LogP contribution in [0.4, 0.5) is 10.8 Å². The van der Waals surface area contributed by atoms with Crippen molar-refractivity contribution < 1.29 is 4.79 Å². The molecule has 2 rings (SSSR count). The fraction of sp³-hybridized carbons (Fsp3) is 0.231. The predicted octanol–water partition coefficient (Wildman–Crippen LogP) is 4.28. The molecule has 1 amide bonds. The topological polar surface area (TPSA) is 54.0 Å². The van der Waals surface area contributed by atoms with Crippen molar-refractivity contribution in [2.45, 2.75) is 19.4 Å². The molecule has 0 unspecified atom stereocenters. The van der Waals surface area contributed by atoms with E-state index < -0.39 is 6.04 Å². The van der Waals surface area contributed by atoms with Gasteiger partial charge in [0.15, 0.2) is 5.13 Å². The Balaban J connectivity index is 2.06. The minimum Gasteiger partial charge on any atom is -0.372 e. The van der Waals surface area contributed by atoms with E-state index in [2.05, 4.69) is 15.6 Å². The Morgan fingerprint density at radius 1 is 1.45 bits per heavy atom. The van der Waals surface area contributed by atoms with E-state index >= 15 is 0 Å². The summed E-state index contributed by atoms with van der Waals surface area (Å²) in [7, 11) is 0. The Bertz CT molecular complexity index is 589. The third kappa shape index (κ3) is 3.85. The van der Waals surface area contributed by atoms with Crippen molar-refractivity contribution in [2.24, 2.45) is 0 Å². The van der Waals surface area contributed by atoms with E-state index in [1.54, 1.807) is 29.8 Å². The number of rotatable bonds is 5. The molecule has 1 aromatic carbocycles. The van der Waals surface area contributed by atoms with Gasteiger partial charge in [-0.05, 0) is 24.6 Å². The minimum atomic E-state index is -0.391. The summed E-state index contributed by atoms with van der Waals surface area (Å²) >= 11 is 13.3. The van der Waals surface area contributed by atoms with Gasteiger partial charge in [0.2, 0.25) is 5.91 Å². The second-order valence-electron chi connectivity index (χ2n) is 4.06. The minimum absolute atomic E-state index is 0.145. The van der Waals surface area contributed by atoms with E-state index in [1.807, 2.05) is 6.92 Å². The molecule has 106 valence electrons. The van der Waals surface area contributed by atoms with E-state index in [0.29, 0.717) is 27.3 Å². The standard InChI is InChI=1S/C13H13Cl2N3OS/c1-2-10(12(19)18-13-16-5-6-20-13)17-11-4-3-8(14)7-9(11)15/h3-7,10,17H,2H2,1H3,(H,16,18,19)/t10-/m1/s1. The molecule has 2 aromatic rings. The number of hydrogen-bond donors (Lipinski definition) is 2. The molecule has 1 aromatic heterocycles. The van der Waals surface area contributed by atoms with Crippen LogP contribution in [-0.4, -0.2) is 16.9 Å². The van der Waals surface area contributed by atoms with Crippen molar-refractivity contribution in [2.75, 3.05) is 10.6 Å². The number of halogens is 2. The molecule has 2 N–H and O–H groups in total. The van der Waals surface area contributed by atoms with Crippen molar-refractivity contribution in [1.82, 2.24) is 4.98 Å². The molecule has 0 aliphatic rings. The van der Waals surface area contributed by atoms with Gasteiger partial charge in [-0.3, -0.25) is 4.79 Å². The zero-order valence-corrected chi connectivity index (χ0v) is 13.0. The van der Waals surface area contributed by atoms with Crippen molar-refractivity contribution >= 4 is 51.3 Å². The van der Waals surface area contributed by atoms with Gasteiger partial charge in [0, 0.05) is 16.6 Å². The summed E-state index contributed by atoms with van der Waals surface area (Å²) in [6.07, 6.45) is 2.26. The molecule has 0 saturated carbocycles. The number of benzene rings is 1. The van der Waals surface area contributed by atoms with E-state index in [-0.39, 0.29) is 5.91 Å². The lowest BCUT2D eigenvalue weighted by Crippen LogP contribution is -2.34. The van der Waals surface area contributed by atoms with Crippen molar-refractivity contribution in [3.05, 3.63) is 39.8 Å². The van der Waals surface area contributed by atoms with E-state index in [1.165, 1.54) is 11.3 Å². The monoisotopic (exact) mass is 329 g/mol. The third-order valence-corrected chi connectivity index (χ3v) is 3.88. The summed E-state index contributed by atoms with van der Waals surface area (Å²) < 4.78 is 0. The maximum atomic E-state index is 12.1. The van der Waals surface area contributed by atoms with E-state index in [0.717, 1.165) is 0 Å². The molecular weight excluding hydrogens is 317 g/mol. The van der Waals surface area contributed by atoms with Gasteiger partial charge in [0.05, 0.1) is 10.7 Å². The van der Waals surface area contributed by atoms with Crippen LogP contribution >= 0.6 is 34.5 Å². The lowest BCUT2D eigenvalue weighted by atomic mass is 10.2. The maximum absolute atomic E-state index is 12.1. The van der Waals surface area contributed by atoms with Gasteiger partial charge in [-0.25, -0.2) is 4.98 Å². The number of carbonyl (C=O) groups is 1. The summed E-state index contributed by atoms with van der Waals surface area (Å²) in [5.41, 5.74) is 0.678. The first-order chi connectivity index (χ1) is 9.60. The molecule has 4 nitrogen and oxygen atoms in total. The largest absolute Gasteiger partial charge is 0.372 e. The molecule has 1 atom stereocenters. The zero-order chi connectivity index (χ0) is 14.5. The average molecular weight is 330 g/mol. The normalized spacial score (nSPS) is 11.9. The van der Waals surface area contributed by atoms with Crippen LogP contribution in [0, 0.1) is 0 Å². The van der Waals surface area contributed by atoms with Crippen molar-refractivity contribution in [3.8, 4) is 0 Å². The van der Waals surface area contributed by atoms with Crippen LogP contribution in [-0.2, 0) is 4.79 Å². The van der Waals surface area contributed by atoms with Gasteiger partial charge in [-0.15, -0.1) is 11.3 Å². The Morgan fingerprint density at radius 3 is 2.85 bits per heavy atom. The molecule has 20 heavy (non-hydrogen) atoms. The first-order valence-corrected chi connectivity index (χ1v) is 7.65. The summed E-state index contributed by atoms with van der Waals surface area (Å²) in [6.45, 7) is 1.92. The van der Waals surface area contributed by atoms with Gasteiger partial charge in [0.25, 0.3) is 0 Å². The molecule has 0 aliphatic carbocycles. The number of nitrogens with one attached hydrogen (secondary N) is 2. The molecule has 1 heterocycles. The van der Waals surface area contributed by atoms with Crippen LogP contribution in [0.2, 0.25) is 10.0 Å². The Labute approximate surface area is 131 Å². The highest BCUT2D eigenvalue weighted by Gasteiger charge is 2.18. The third-order valence-electron chi connectivity index (χ3n) is 2.65. The van der Waals surface area contributed by atoms with Gasteiger partial charge in [-0.2, -0.15) is 0 Å². The number of amides is 1. The second kappa shape index (κ2) is 6.92. The highest BCUT2D eigenvalue weighted by molar-refractivity contribution is 7.13. The van der Waals surface area contributed by atoms with Gasteiger partial charge in [0.1, 0.15) is 6.04 Å². The predicted molar refractivity (Wildman–Crippen MR) is 84.9 cm³/mol. The number of hydrogen-bond acceptors (Lipinski definition) is 4. The summed E-state index contributed by atoms with van der Waals surface area (Å²) in [6, 6.07) is 4.72. The summed E-state index contributed by atoms with van der Waals surface area (Å²) in [5.74, 6) is -0.145. The number of aromatic nitrogens is 1. The molecule has 0 saturated heterocycles. The molecule has 0 fully saturated rings. The lowest BCUT2D eigenvalue weighted by molar-refractivity contribution is -0.116. The van der Waals surface area contributed by atoms with Gasteiger partial charge in [-0.1, -0.05) is 30.1 Å². The fourth-order valence-corrected chi connectivity index (χ4v) is 2.62. The molecule has 0 bridgehead atoms. The van der Waals surface area contributed by atoms with Crippen LogP contribution in [0.3, 0.4) is 0 Å². The molecule has 0 radical (unpaired) electrons. The van der Waals surface area contributed by atoms with Crippen molar-refractivity contribution in [1.29, 1.82) is 0 Å². The molecule has 0 spiro atoms. The number of carbonyl (C=O) groups excluding carboxylic acids is 1. The Hall–Kier alpha value is -1.30. The smallest absolute Gasteiger partial charge is 0.248 e. The summed E-state index contributed by atoms with van der Waals surface area (Å²) in [4.78, 5) is 16.2. The number of nitrogens with zero attached hydrogens (tertiary/aromatic N) is 1. The Kier molecular flexibility index (Phi) is 5.23. The molecule has 0 aliphatic heterocycles. The van der Waals surface area contributed by atoms with Crippen LogP contribution < -0.4 is 10.6 Å². The van der Waals surface area contributed by atoms with Gasteiger partial charge < -0.3 is 10.6 Å². The first-order valence-electron chi connectivity index (χ1n) is 6.02. The van der Waals surface area contributed by atoms with Crippen LogP contribution in [0.15, 0.2) is 29.8 Å². The number of thiazole rings is 1. The average Bonchev–Trinajstić information content (AvgIpc) is 2.90.